The number of amides is 2. The summed E-state index contributed by atoms with van der Waals surface area (Å²) in [5, 5.41) is 3.34. The second-order valence-corrected chi connectivity index (χ2v) is 6.52. The van der Waals surface area contributed by atoms with Crippen LogP contribution in [0.2, 0.25) is 0 Å². The van der Waals surface area contributed by atoms with Gasteiger partial charge in [0.2, 0.25) is 0 Å². The van der Waals surface area contributed by atoms with Gasteiger partial charge >= 0.3 is 0 Å². The largest absolute Gasteiger partial charge is 0.398 e. The molecule has 2 heterocycles. The molecule has 0 atom stereocenters. The van der Waals surface area contributed by atoms with Gasteiger partial charge in [-0.3, -0.25) is 14.9 Å². The first-order valence-electron chi connectivity index (χ1n) is 11.2. The van der Waals surface area contributed by atoms with E-state index in [1.54, 1.807) is 29.0 Å². The van der Waals surface area contributed by atoms with Gasteiger partial charge in [0.25, 0.3) is 11.8 Å². The highest BCUT2D eigenvalue weighted by molar-refractivity contribution is 6.38. The van der Waals surface area contributed by atoms with Crippen molar-refractivity contribution in [2.75, 3.05) is 5.73 Å². The number of fused-ring (bicyclic) bond motifs is 1. The molecule has 5 nitrogen and oxygen atoms in total. The molecule has 32 heavy (non-hydrogen) atoms. The molecule has 3 N–H and O–H groups in total. The van der Waals surface area contributed by atoms with E-state index in [0.29, 0.717) is 16.8 Å². The second kappa shape index (κ2) is 13.0. The van der Waals surface area contributed by atoms with E-state index in [4.69, 9.17) is 5.73 Å². The Bertz CT molecular complexity index is 1110. The van der Waals surface area contributed by atoms with Gasteiger partial charge in [-0.05, 0) is 29.2 Å². The number of rotatable bonds is 3. The number of anilines is 1. The predicted molar refractivity (Wildman–Crippen MR) is 137 cm³/mol. The van der Waals surface area contributed by atoms with Crippen LogP contribution in [0.4, 0.5) is 5.69 Å². The fraction of sp³-hybridized carbons (Fsp3) is 0.259. The minimum atomic E-state index is -0.467. The lowest BCUT2D eigenvalue weighted by Gasteiger charge is -2.11. The van der Waals surface area contributed by atoms with E-state index >= 15 is 0 Å². The third kappa shape index (κ3) is 5.55. The number of nitrogen functional groups attached to an aromatic ring is 1. The minimum Gasteiger partial charge on any atom is -0.398 e. The molecule has 0 fully saturated rings. The van der Waals surface area contributed by atoms with Gasteiger partial charge in [0.15, 0.2) is 0 Å². The lowest BCUT2D eigenvalue weighted by Crippen LogP contribution is -2.23. The maximum Gasteiger partial charge on any atom is 0.275 e. The zero-order chi connectivity index (χ0) is 24.3. The molecule has 4 rings (SSSR count). The first-order valence-corrected chi connectivity index (χ1v) is 11.2. The third-order valence-electron chi connectivity index (χ3n) is 4.33. The van der Waals surface area contributed by atoms with Gasteiger partial charge in [0.1, 0.15) is 5.70 Å². The van der Waals surface area contributed by atoms with E-state index in [2.05, 4.69) is 25.7 Å². The highest BCUT2D eigenvalue weighted by atomic mass is 16.2. The monoisotopic (exact) mass is 433 g/mol. The number of nitrogens with two attached hydrogens (primary N) is 1. The predicted octanol–water partition coefficient (Wildman–Crippen LogP) is 6.27. The highest BCUT2D eigenvalue weighted by Gasteiger charge is 2.34. The summed E-state index contributed by atoms with van der Waals surface area (Å²) in [6.07, 6.45) is 3.03. The molecule has 1 aliphatic heterocycles. The summed E-state index contributed by atoms with van der Waals surface area (Å²) < 4.78 is 1.72. The van der Waals surface area contributed by atoms with E-state index in [-0.39, 0.29) is 11.3 Å². The number of hydrogen-bond donors (Lipinski definition) is 2. The molecule has 0 saturated carbocycles. The van der Waals surface area contributed by atoms with Crippen LogP contribution in [0.25, 0.3) is 22.2 Å². The highest BCUT2D eigenvalue weighted by Crippen LogP contribution is 2.34. The molecule has 1 aliphatic rings. The van der Waals surface area contributed by atoms with Crippen molar-refractivity contribution in [1.29, 1.82) is 0 Å². The number of nitrogens with one attached hydrogen (secondary N) is 1. The normalized spacial score (nSPS) is 12.1. The Labute approximate surface area is 191 Å². The van der Waals surface area contributed by atoms with Gasteiger partial charge in [-0.15, -0.1) is 0 Å². The maximum atomic E-state index is 12.5. The number of aromatic nitrogens is 1. The van der Waals surface area contributed by atoms with E-state index in [1.807, 2.05) is 64.1 Å². The first-order chi connectivity index (χ1) is 15.5. The van der Waals surface area contributed by atoms with Crippen molar-refractivity contribution in [1.82, 2.24) is 9.88 Å². The zero-order valence-electron chi connectivity index (χ0n) is 20.0. The van der Waals surface area contributed by atoms with Crippen LogP contribution in [-0.2, 0) is 9.59 Å². The maximum absolute atomic E-state index is 12.5. The Morgan fingerprint density at radius 1 is 0.906 bits per heavy atom. The first kappa shape index (κ1) is 26.4. The molecule has 1 aromatic heterocycles. The smallest absolute Gasteiger partial charge is 0.275 e. The van der Waals surface area contributed by atoms with Gasteiger partial charge in [0, 0.05) is 17.4 Å². The number of carbonyl (C=O) groups is 2. The van der Waals surface area contributed by atoms with E-state index in [1.165, 1.54) is 6.42 Å². The SMILES string of the molecule is C=C(C1=C(n2ccc3ccccc32)C(=O)NC1=O)c1ccccc1N.CC.CC.CCC. The molecule has 0 saturated heterocycles. The van der Waals surface area contributed by atoms with Crippen molar-refractivity contribution in [3.63, 3.8) is 0 Å². The molecule has 0 bridgehead atoms. The van der Waals surface area contributed by atoms with Crippen LogP contribution in [0.15, 0.2) is 72.9 Å². The standard InChI is InChI=1S/C20H15N3O2.C3H8.2C2H6/c1-12(14-7-3-4-8-15(14)21)17-18(20(25)22-19(17)24)23-11-10-13-6-2-5-9-16(13)23;1-3-2;2*1-2/h2-11H,1,21H2,(H,22,24,25);3H2,1-2H3;2*1-2H3. The fourth-order valence-electron chi connectivity index (χ4n) is 3.14. The van der Waals surface area contributed by atoms with Crippen LogP contribution in [-0.4, -0.2) is 16.4 Å². The number of para-hydroxylation sites is 2. The number of hydrogen-bond acceptors (Lipinski definition) is 3. The van der Waals surface area contributed by atoms with Crippen LogP contribution >= 0.6 is 0 Å². The Kier molecular flexibility index (Phi) is 10.7. The molecule has 3 aromatic rings. The summed E-state index contributed by atoms with van der Waals surface area (Å²) in [4.78, 5) is 24.9. The van der Waals surface area contributed by atoms with Crippen LogP contribution in [0.1, 0.15) is 53.5 Å². The summed E-state index contributed by atoms with van der Waals surface area (Å²) in [5.74, 6) is -0.914. The van der Waals surface area contributed by atoms with Gasteiger partial charge in [-0.25, -0.2) is 0 Å². The molecule has 5 heteroatoms. The van der Waals surface area contributed by atoms with Crippen molar-refractivity contribution in [3.8, 4) is 0 Å². The summed E-state index contributed by atoms with van der Waals surface area (Å²) in [7, 11) is 0. The summed E-state index contributed by atoms with van der Waals surface area (Å²) in [6, 6.07) is 16.7. The van der Waals surface area contributed by atoms with E-state index in [0.717, 1.165) is 10.9 Å². The topological polar surface area (TPSA) is 77.1 Å². The molecular formula is C27H35N3O2. The number of nitrogens with zero attached hydrogens (tertiary/aromatic N) is 1. The van der Waals surface area contributed by atoms with Gasteiger partial charge < -0.3 is 10.3 Å². The molecule has 2 amide bonds. The van der Waals surface area contributed by atoms with Crippen molar-refractivity contribution < 1.29 is 9.59 Å². The number of carbonyl (C=O) groups excluding carboxylic acids is 2. The Morgan fingerprint density at radius 2 is 1.47 bits per heavy atom. The van der Waals surface area contributed by atoms with Crippen molar-refractivity contribution in [2.45, 2.75) is 48.0 Å². The Morgan fingerprint density at radius 3 is 2.09 bits per heavy atom. The molecule has 0 spiro atoms. The molecular weight excluding hydrogens is 398 g/mol. The molecule has 2 aromatic carbocycles. The lowest BCUT2D eigenvalue weighted by atomic mass is 9.97. The van der Waals surface area contributed by atoms with E-state index < -0.39 is 11.8 Å². The summed E-state index contributed by atoms with van der Waals surface area (Å²) in [5.41, 5.74) is 8.93. The summed E-state index contributed by atoms with van der Waals surface area (Å²) >= 11 is 0. The van der Waals surface area contributed by atoms with E-state index in [9.17, 15) is 9.59 Å². The third-order valence-corrected chi connectivity index (χ3v) is 4.33. The molecule has 0 unspecified atom stereocenters. The van der Waals surface area contributed by atoms with Gasteiger partial charge in [-0.1, -0.05) is 90.9 Å². The Balaban J connectivity index is 0.000000662. The van der Waals surface area contributed by atoms with Crippen LogP contribution in [0, 0.1) is 0 Å². The van der Waals surface area contributed by atoms with Crippen molar-refractivity contribution >= 4 is 39.7 Å². The summed E-state index contributed by atoms with van der Waals surface area (Å²) in [6.45, 7) is 16.3. The molecule has 0 aliphatic carbocycles. The van der Waals surface area contributed by atoms with Crippen LogP contribution < -0.4 is 11.1 Å². The molecule has 0 radical (unpaired) electrons. The van der Waals surface area contributed by atoms with Crippen molar-refractivity contribution in [2.24, 2.45) is 0 Å². The number of imide groups is 1. The second-order valence-electron chi connectivity index (χ2n) is 6.52. The van der Waals surface area contributed by atoms with Gasteiger partial charge in [0.05, 0.1) is 11.1 Å². The van der Waals surface area contributed by atoms with Crippen LogP contribution in [0.5, 0.6) is 0 Å². The lowest BCUT2D eigenvalue weighted by molar-refractivity contribution is -0.123. The van der Waals surface area contributed by atoms with Crippen LogP contribution in [0.3, 0.4) is 0 Å². The quantitative estimate of drug-likeness (QED) is 0.377. The molecule has 170 valence electrons. The van der Waals surface area contributed by atoms with Gasteiger partial charge in [-0.2, -0.15) is 0 Å². The minimum absolute atomic E-state index is 0.240. The Hall–Kier alpha value is -3.60. The fourth-order valence-corrected chi connectivity index (χ4v) is 3.14. The average molecular weight is 434 g/mol. The number of benzene rings is 2. The average Bonchev–Trinajstić information content (AvgIpc) is 3.36. The zero-order valence-corrected chi connectivity index (χ0v) is 20.0. The van der Waals surface area contributed by atoms with Crippen molar-refractivity contribution in [3.05, 3.63) is 78.5 Å².